The Hall–Kier alpha value is -0.430. The molecule has 0 aromatic carbocycles. The Morgan fingerprint density at radius 1 is 1.22 bits per heavy atom. The van der Waals surface area contributed by atoms with Crippen molar-refractivity contribution >= 4 is 46.9 Å². The van der Waals surface area contributed by atoms with Crippen LogP contribution >= 0.6 is 34.8 Å². The molecule has 1 aliphatic heterocycles. The third kappa shape index (κ3) is 6.53. The van der Waals surface area contributed by atoms with Crippen LogP contribution in [0, 0.1) is 11.8 Å². The molecule has 1 N–H and O–H groups in total. The molecule has 2 unspecified atom stereocenters. The smallest absolute Gasteiger partial charge is 0.407 e. The van der Waals surface area contributed by atoms with E-state index in [1.165, 1.54) is 6.92 Å². The molecule has 23 heavy (non-hydrogen) atoms. The second-order valence-electron chi connectivity index (χ2n) is 5.64. The van der Waals surface area contributed by atoms with E-state index in [1.807, 2.05) is 20.8 Å². The summed E-state index contributed by atoms with van der Waals surface area (Å²) in [6, 6.07) is -0.556. The summed E-state index contributed by atoms with van der Waals surface area (Å²) in [6.07, 6.45) is -0.946. The minimum atomic E-state index is -1.69. The van der Waals surface area contributed by atoms with Gasteiger partial charge in [-0.05, 0) is 18.3 Å². The van der Waals surface area contributed by atoms with Gasteiger partial charge in [0, 0.05) is 6.92 Å². The standard InChI is InChI=1S/C14H22Cl3NO5/c1-5-10-7(2)8(3)11(12(23-10)22-9(4)19)18-13(20)21-6-14(15,16)17/h7-8,10-12H,5-6H2,1-4H3,(H,18,20)/t7-,8-,10?,11?,12+/m0/s1. The first-order chi connectivity index (χ1) is 10.5. The summed E-state index contributed by atoms with van der Waals surface area (Å²) in [5.41, 5.74) is 0. The molecule has 0 aliphatic carbocycles. The fourth-order valence-electron chi connectivity index (χ4n) is 2.55. The van der Waals surface area contributed by atoms with Crippen molar-refractivity contribution in [3.8, 4) is 0 Å². The molecule has 0 saturated carbocycles. The maximum atomic E-state index is 11.9. The molecule has 1 rings (SSSR count). The molecule has 5 atom stereocenters. The van der Waals surface area contributed by atoms with E-state index >= 15 is 0 Å². The molecule has 0 bridgehead atoms. The Morgan fingerprint density at radius 3 is 2.30 bits per heavy atom. The molecule has 6 nitrogen and oxygen atoms in total. The molecule has 1 amide bonds. The summed E-state index contributed by atoms with van der Waals surface area (Å²) < 4.78 is 14.2. The van der Waals surface area contributed by atoms with Gasteiger partial charge in [0.15, 0.2) is 0 Å². The molecular formula is C14H22Cl3NO5. The number of amides is 1. The highest BCUT2D eigenvalue weighted by Crippen LogP contribution is 2.33. The number of hydrogen-bond donors (Lipinski definition) is 1. The van der Waals surface area contributed by atoms with Crippen molar-refractivity contribution in [1.29, 1.82) is 0 Å². The third-order valence-corrected chi connectivity index (χ3v) is 4.25. The summed E-state index contributed by atoms with van der Waals surface area (Å²) in [5.74, 6) is -0.336. The average molecular weight is 391 g/mol. The second kappa shape index (κ2) is 8.60. The fourth-order valence-corrected chi connectivity index (χ4v) is 2.72. The lowest BCUT2D eigenvalue weighted by Gasteiger charge is -2.43. The van der Waals surface area contributed by atoms with Gasteiger partial charge in [-0.3, -0.25) is 4.79 Å². The van der Waals surface area contributed by atoms with Crippen LogP contribution in [0.3, 0.4) is 0 Å². The van der Waals surface area contributed by atoms with E-state index < -0.39 is 34.8 Å². The molecule has 0 aromatic heterocycles. The number of esters is 1. The van der Waals surface area contributed by atoms with E-state index in [4.69, 9.17) is 49.0 Å². The third-order valence-electron chi connectivity index (χ3n) is 3.92. The molecule has 1 heterocycles. The number of hydrogen-bond acceptors (Lipinski definition) is 5. The zero-order valence-electron chi connectivity index (χ0n) is 13.5. The Kier molecular flexibility index (Phi) is 7.71. The van der Waals surface area contributed by atoms with Crippen LogP contribution in [0.4, 0.5) is 4.79 Å². The van der Waals surface area contributed by atoms with Gasteiger partial charge in [0.1, 0.15) is 6.61 Å². The van der Waals surface area contributed by atoms with Gasteiger partial charge in [-0.25, -0.2) is 4.79 Å². The van der Waals surface area contributed by atoms with Crippen LogP contribution in [-0.4, -0.2) is 40.9 Å². The number of ether oxygens (including phenoxy) is 3. The maximum absolute atomic E-state index is 11.9. The van der Waals surface area contributed by atoms with E-state index in [0.29, 0.717) is 0 Å². The van der Waals surface area contributed by atoms with Gasteiger partial charge in [-0.1, -0.05) is 55.6 Å². The van der Waals surface area contributed by atoms with Crippen molar-refractivity contribution in [3.63, 3.8) is 0 Å². The molecule has 0 aromatic rings. The van der Waals surface area contributed by atoms with Crippen LogP contribution in [0.25, 0.3) is 0 Å². The van der Waals surface area contributed by atoms with Crippen LogP contribution in [0.5, 0.6) is 0 Å². The quantitative estimate of drug-likeness (QED) is 0.588. The summed E-state index contributed by atoms with van der Waals surface area (Å²) in [4.78, 5) is 23.2. The number of halogens is 3. The first kappa shape index (κ1) is 20.6. The van der Waals surface area contributed by atoms with Crippen molar-refractivity contribution in [3.05, 3.63) is 0 Å². The van der Waals surface area contributed by atoms with Crippen molar-refractivity contribution in [2.75, 3.05) is 6.61 Å². The highest BCUT2D eigenvalue weighted by Gasteiger charge is 2.43. The largest absolute Gasteiger partial charge is 0.445 e. The summed E-state index contributed by atoms with van der Waals surface area (Å²) in [6.45, 7) is 6.85. The molecule has 9 heteroatoms. The Bertz CT molecular complexity index is 429. The Balaban J connectivity index is 2.77. The number of carbonyl (C=O) groups is 2. The summed E-state index contributed by atoms with van der Waals surface area (Å²) in [7, 11) is 0. The Morgan fingerprint density at radius 2 is 1.83 bits per heavy atom. The lowest BCUT2D eigenvalue weighted by Crippen LogP contribution is -2.58. The molecule has 1 fully saturated rings. The molecular weight excluding hydrogens is 369 g/mol. The van der Waals surface area contributed by atoms with Gasteiger partial charge < -0.3 is 19.5 Å². The molecule has 1 saturated heterocycles. The highest BCUT2D eigenvalue weighted by atomic mass is 35.6. The van der Waals surface area contributed by atoms with E-state index in [9.17, 15) is 9.59 Å². The van der Waals surface area contributed by atoms with Crippen molar-refractivity contribution in [2.24, 2.45) is 11.8 Å². The van der Waals surface area contributed by atoms with Crippen LogP contribution in [0.2, 0.25) is 0 Å². The Labute approximate surface area is 151 Å². The van der Waals surface area contributed by atoms with Crippen LogP contribution in [0.1, 0.15) is 34.1 Å². The van der Waals surface area contributed by atoms with E-state index in [2.05, 4.69) is 5.32 Å². The SMILES string of the molecule is CCC1O[C@@H](OC(C)=O)C(NC(=O)OCC(Cl)(Cl)Cl)[C@@H](C)[C@@H]1C. The molecule has 134 valence electrons. The first-order valence-electron chi connectivity index (χ1n) is 7.37. The minimum absolute atomic E-state index is 0.00152. The van der Waals surface area contributed by atoms with Crippen molar-refractivity contribution < 1.29 is 23.8 Å². The topological polar surface area (TPSA) is 73.9 Å². The van der Waals surface area contributed by atoms with Gasteiger partial charge >= 0.3 is 12.1 Å². The van der Waals surface area contributed by atoms with Gasteiger partial charge in [-0.2, -0.15) is 0 Å². The summed E-state index contributed by atoms with van der Waals surface area (Å²) >= 11 is 16.6. The number of alkyl carbamates (subject to hydrolysis) is 1. The lowest BCUT2D eigenvalue weighted by molar-refractivity contribution is -0.230. The first-order valence-corrected chi connectivity index (χ1v) is 8.51. The highest BCUT2D eigenvalue weighted by molar-refractivity contribution is 6.67. The number of alkyl halides is 3. The van der Waals surface area contributed by atoms with E-state index in [0.717, 1.165) is 6.42 Å². The zero-order valence-corrected chi connectivity index (χ0v) is 15.7. The number of carbonyl (C=O) groups excluding carboxylic acids is 2. The van der Waals surface area contributed by atoms with Crippen LogP contribution in [-0.2, 0) is 19.0 Å². The normalized spacial score (nSPS) is 31.3. The number of nitrogens with one attached hydrogen (secondary N) is 1. The van der Waals surface area contributed by atoms with E-state index in [1.54, 1.807) is 0 Å². The molecule has 1 aliphatic rings. The van der Waals surface area contributed by atoms with Crippen LogP contribution in [0.15, 0.2) is 0 Å². The van der Waals surface area contributed by atoms with Gasteiger partial charge in [0.05, 0.1) is 12.1 Å². The lowest BCUT2D eigenvalue weighted by atomic mass is 9.81. The molecule has 0 radical (unpaired) electrons. The van der Waals surface area contributed by atoms with Crippen LogP contribution < -0.4 is 5.32 Å². The zero-order chi connectivity index (χ0) is 17.8. The van der Waals surface area contributed by atoms with Gasteiger partial charge in [-0.15, -0.1) is 0 Å². The maximum Gasteiger partial charge on any atom is 0.407 e. The van der Waals surface area contributed by atoms with Crippen molar-refractivity contribution in [1.82, 2.24) is 5.32 Å². The fraction of sp³-hybridized carbons (Fsp3) is 0.857. The van der Waals surface area contributed by atoms with Crippen molar-refractivity contribution in [2.45, 2.75) is 56.3 Å². The monoisotopic (exact) mass is 389 g/mol. The average Bonchev–Trinajstić information content (AvgIpc) is 2.43. The van der Waals surface area contributed by atoms with Gasteiger partial charge in [0.2, 0.25) is 10.1 Å². The summed E-state index contributed by atoms with van der Waals surface area (Å²) in [5, 5.41) is 2.63. The minimum Gasteiger partial charge on any atom is -0.445 e. The number of rotatable bonds is 4. The second-order valence-corrected chi connectivity index (χ2v) is 8.16. The molecule has 0 spiro atoms. The predicted molar refractivity (Wildman–Crippen MR) is 87.6 cm³/mol. The predicted octanol–water partition coefficient (Wildman–Crippen LogP) is 3.42. The van der Waals surface area contributed by atoms with Gasteiger partial charge in [0.25, 0.3) is 0 Å². The van der Waals surface area contributed by atoms with E-state index in [-0.39, 0.29) is 17.9 Å².